The number of amides is 1. The van der Waals surface area contributed by atoms with E-state index in [1.807, 2.05) is 6.07 Å². The largest absolute Gasteiger partial charge is 0.454 e. The fourth-order valence-corrected chi connectivity index (χ4v) is 2.27. The minimum absolute atomic E-state index is 0.189. The smallest absolute Gasteiger partial charge is 0.234 e. The minimum Gasteiger partial charge on any atom is -0.454 e. The third kappa shape index (κ3) is 2.62. The quantitative estimate of drug-likeness (QED) is 0.944. The number of nitrogens with one attached hydrogen (secondary N) is 1. The van der Waals surface area contributed by atoms with Crippen molar-refractivity contribution in [3.8, 4) is 11.5 Å². The van der Waals surface area contributed by atoms with Gasteiger partial charge in [-0.2, -0.15) is 0 Å². The summed E-state index contributed by atoms with van der Waals surface area (Å²) >= 11 is 0. The first-order valence-electron chi connectivity index (χ1n) is 6.94. The number of carbonyl (C=O) groups excluding carboxylic acids is 1. The van der Waals surface area contributed by atoms with Crippen LogP contribution in [0.1, 0.15) is 19.4 Å². The first-order chi connectivity index (χ1) is 10.5. The standard InChI is InChI=1S/C17H16FNO3/c1-17(2,11-6-7-14-15(8-11)22-10-21-14)16(20)19-13-5-3-4-12(18)9-13/h3-9H,10H2,1-2H3,(H,19,20). The molecular weight excluding hydrogens is 285 g/mol. The van der Waals surface area contributed by atoms with E-state index < -0.39 is 11.2 Å². The van der Waals surface area contributed by atoms with Crippen molar-refractivity contribution >= 4 is 11.6 Å². The van der Waals surface area contributed by atoms with Gasteiger partial charge in [-0.25, -0.2) is 4.39 Å². The lowest BCUT2D eigenvalue weighted by atomic mass is 9.83. The van der Waals surface area contributed by atoms with Crippen molar-refractivity contribution in [2.24, 2.45) is 0 Å². The molecule has 0 bridgehead atoms. The normalized spacial score (nSPS) is 13.0. The lowest BCUT2D eigenvalue weighted by Gasteiger charge is -2.24. The van der Waals surface area contributed by atoms with Crippen LogP contribution in [-0.4, -0.2) is 12.7 Å². The maximum atomic E-state index is 13.2. The molecule has 0 saturated carbocycles. The van der Waals surface area contributed by atoms with E-state index in [0.29, 0.717) is 17.2 Å². The van der Waals surface area contributed by atoms with Gasteiger partial charge in [-0.3, -0.25) is 4.79 Å². The fourth-order valence-electron chi connectivity index (χ4n) is 2.27. The molecule has 0 aromatic heterocycles. The van der Waals surface area contributed by atoms with Gasteiger partial charge in [0, 0.05) is 5.69 Å². The van der Waals surface area contributed by atoms with Crippen LogP contribution in [0.2, 0.25) is 0 Å². The van der Waals surface area contributed by atoms with Crippen LogP contribution in [0, 0.1) is 5.82 Å². The zero-order valence-corrected chi connectivity index (χ0v) is 12.4. The van der Waals surface area contributed by atoms with Crippen molar-refractivity contribution in [3.05, 3.63) is 53.8 Å². The van der Waals surface area contributed by atoms with Gasteiger partial charge in [0.15, 0.2) is 11.5 Å². The van der Waals surface area contributed by atoms with Crippen molar-refractivity contribution in [3.63, 3.8) is 0 Å². The summed E-state index contributed by atoms with van der Waals surface area (Å²) < 4.78 is 23.8. The lowest BCUT2D eigenvalue weighted by molar-refractivity contribution is -0.120. The highest BCUT2D eigenvalue weighted by molar-refractivity contribution is 5.98. The molecule has 2 aromatic rings. The molecule has 0 fully saturated rings. The SMILES string of the molecule is CC(C)(C(=O)Nc1cccc(F)c1)c1ccc2c(c1)OCO2. The third-order valence-electron chi connectivity index (χ3n) is 3.74. The molecule has 4 nitrogen and oxygen atoms in total. The molecule has 1 aliphatic heterocycles. The van der Waals surface area contributed by atoms with E-state index in [1.54, 1.807) is 38.1 Å². The van der Waals surface area contributed by atoms with Crippen LogP contribution < -0.4 is 14.8 Å². The molecule has 1 aliphatic rings. The van der Waals surface area contributed by atoms with Crippen molar-refractivity contribution in [2.75, 3.05) is 12.1 Å². The summed E-state index contributed by atoms with van der Waals surface area (Å²) in [5.41, 5.74) is 0.428. The number of benzene rings is 2. The Hall–Kier alpha value is -2.56. The topological polar surface area (TPSA) is 47.6 Å². The van der Waals surface area contributed by atoms with E-state index in [0.717, 1.165) is 5.56 Å². The average Bonchev–Trinajstić information content (AvgIpc) is 2.94. The maximum Gasteiger partial charge on any atom is 0.234 e. The molecule has 22 heavy (non-hydrogen) atoms. The minimum atomic E-state index is -0.798. The van der Waals surface area contributed by atoms with E-state index in [-0.39, 0.29) is 12.7 Å². The zero-order valence-electron chi connectivity index (χ0n) is 12.4. The Morgan fingerprint density at radius 1 is 1.14 bits per heavy atom. The molecule has 0 aliphatic carbocycles. The first kappa shape index (κ1) is 14.4. The summed E-state index contributed by atoms with van der Waals surface area (Å²) in [4.78, 5) is 12.5. The highest BCUT2D eigenvalue weighted by Gasteiger charge is 2.31. The van der Waals surface area contributed by atoms with Gasteiger partial charge in [0.1, 0.15) is 5.82 Å². The number of hydrogen-bond donors (Lipinski definition) is 1. The second-order valence-electron chi connectivity index (χ2n) is 5.66. The van der Waals surface area contributed by atoms with Crippen molar-refractivity contribution in [1.82, 2.24) is 0 Å². The summed E-state index contributed by atoms with van der Waals surface area (Å²) in [7, 11) is 0. The van der Waals surface area contributed by atoms with Crippen LogP contribution in [0.25, 0.3) is 0 Å². The predicted octanol–water partition coefficient (Wildman–Crippen LogP) is 3.47. The number of rotatable bonds is 3. The van der Waals surface area contributed by atoms with E-state index in [1.165, 1.54) is 12.1 Å². The number of hydrogen-bond acceptors (Lipinski definition) is 3. The molecule has 0 radical (unpaired) electrons. The zero-order chi connectivity index (χ0) is 15.7. The molecular formula is C17H16FNO3. The van der Waals surface area contributed by atoms with E-state index in [9.17, 15) is 9.18 Å². The second-order valence-corrected chi connectivity index (χ2v) is 5.66. The van der Waals surface area contributed by atoms with Gasteiger partial charge >= 0.3 is 0 Å². The number of halogens is 1. The average molecular weight is 301 g/mol. The second kappa shape index (κ2) is 5.33. The number of anilines is 1. The van der Waals surface area contributed by atoms with Crippen LogP contribution in [0.3, 0.4) is 0 Å². The Bertz CT molecular complexity index is 728. The van der Waals surface area contributed by atoms with E-state index in [4.69, 9.17) is 9.47 Å². The molecule has 0 atom stereocenters. The summed E-state index contributed by atoms with van der Waals surface area (Å²) in [5.74, 6) is 0.685. The molecule has 1 heterocycles. The van der Waals surface area contributed by atoms with Crippen LogP contribution in [0.4, 0.5) is 10.1 Å². The Morgan fingerprint density at radius 2 is 1.91 bits per heavy atom. The van der Waals surface area contributed by atoms with Crippen molar-refractivity contribution < 1.29 is 18.7 Å². The van der Waals surface area contributed by atoms with Crippen molar-refractivity contribution in [1.29, 1.82) is 0 Å². The Kier molecular flexibility index (Phi) is 3.48. The molecule has 0 spiro atoms. The van der Waals surface area contributed by atoms with Gasteiger partial charge in [-0.05, 0) is 49.7 Å². The summed E-state index contributed by atoms with van der Waals surface area (Å²) in [6.07, 6.45) is 0. The van der Waals surface area contributed by atoms with Gasteiger partial charge in [0.2, 0.25) is 12.7 Å². The van der Waals surface area contributed by atoms with E-state index in [2.05, 4.69) is 5.32 Å². The first-order valence-corrected chi connectivity index (χ1v) is 6.94. The molecule has 0 saturated heterocycles. The van der Waals surface area contributed by atoms with Gasteiger partial charge in [-0.15, -0.1) is 0 Å². The Morgan fingerprint density at radius 3 is 2.68 bits per heavy atom. The maximum absolute atomic E-state index is 13.2. The molecule has 1 amide bonds. The highest BCUT2D eigenvalue weighted by atomic mass is 19.1. The molecule has 1 N–H and O–H groups in total. The van der Waals surface area contributed by atoms with E-state index >= 15 is 0 Å². The fraction of sp³-hybridized carbons (Fsp3) is 0.235. The Labute approximate surface area is 127 Å². The molecule has 3 rings (SSSR count). The number of fused-ring (bicyclic) bond motifs is 1. The summed E-state index contributed by atoms with van der Waals surface area (Å²) in [6, 6.07) is 11.2. The molecule has 0 unspecified atom stereocenters. The summed E-state index contributed by atoms with van der Waals surface area (Å²) in [5, 5.41) is 2.74. The molecule has 114 valence electrons. The van der Waals surface area contributed by atoms with Gasteiger partial charge in [-0.1, -0.05) is 12.1 Å². The monoisotopic (exact) mass is 301 g/mol. The van der Waals surface area contributed by atoms with Crippen LogP contribution in [0.5, 0.6) is 11.5 Å². The Balaban J connectivity index is 1.84. The number of ether oxygens (including phenoxy) is 2. The van der Waals surface area contributed by atoms with Crippen LogP contribution in [0.15, 0.2) is 42.5 Å². The lowest BCUT2D eigenvalue weighted by Crippen LogP contribution is -2.34. The summed E-state index contributed by atoms with van der Waals surface area (Å²) in [6.45, 7) is 3.80. The van der Waals surface area contributed by atoms with Crippen LogP contribution >= 0.6 is 0 Å². The molecule has 2 aromatic carbocycles. The van der Waals surface area contributed by atoms with Crippen LogP contribution in [-0.2, 0) is 10.2 Å². The number of carbonyl (C=O) groups is 1. The third-order valence-corrected chi connectivity index (χ3v) is 3.74. The molecule has 5 heteroatoms. The van der Waals surface area contributed by atoms with Gasteiger partial charge in [0.05, 0.1) is 5.41 Å². The van der Waals surface area contributed by atoms with Gasteiger partial charge in [0.25, 0.3) is 0 Å². The van der Waals surface area contributed by atoms with Crippen molar-refractivity contribution in [2.45, 2.75) is 19.3 Å². The highest BCUT2D eigenvalue weighted by Crippen LogP contribution is 2.36. The van der Waals surface area contributed by atoms with Gasteiger partial charge < -0.3 is 14.8 Å². The predicted molar refractivity (Wildman–Crippen MR) is 80.6 cm³/mol.